The monoisotopic (exact) mass is 451 g/mol. The molecule has 0 radical (unpaired) electrons. The molecule has 0 bridgehead atoms. The first-order valence-corrected chi connectivity index (χ1v) is 12.6. The van der Waals surface area contributed by atoms with Gasteiger partial charge in [0.2, 0.25) is 15.9 Å². The van der Waals surface area contributed by atoms with E-state index in [-0.39, 0.29) is 23.1 Å². The van der Waals surface area contributed by atoms with Crippen LogP contribution in [0.1, 0.15) is 30.5 Å². The summed E-state index contributed by atoms with van der Waals surface area (Å²) in [7, 11) is -7.17. The van der Waals surface area contributed by atoms with E-state index in [1.807, 2.05) is 6.07 Å². The van der Waals surface area contributed by atoms with Crippen LogP contribution in [0.5, 0.6) is 0 Å². The molecule has 0 spiro atoms. The first-order valence-electron chi connectivity index (χ1n) is 9.52. The maximum absolute atomic E-state index is 12.9. The quantitative estimate of drug-likeness (QED) is 0.701. The highest BCUT2D eigenvalue weighted by atomic mass is 32.2. The molecule has 1 amide bonds. The second kappa shape index (κ2) is 8.37. The Morgan fingerprint density at radius 2 is 1.73 bits per heavy atom. The summed E-state index contributed by atoms with van der Waals surface area (Å²) in [6.45, 7) is 5.29. The lowest BCUT2D eigenvalue weighted by Gasteiger charge is -2.28. The summed E-state index contributed by atoms with van der Waals surface area (Å²) >= 11 is 0. The molecular weight excluding hydrogens is 426 g/mol. The van der Waals surface area contributed by atoms with E-state index in [0.717, 1.165) is 11.1 Å². The number of amides is 1. The largest absolute Gasteiger partial charge is 0.326 e. The second-order valence-electron chi connectivity index (χ2n) is 7.23. The predicted octanol–water partition coefficient (Wildman–Crippen LogP) is 2.46. The van der Waals surface area contributed by atoms with Crippen molar-refractivity contribution in [3.63, 3.8) is 0 Å². The number of fused-ring (bicyclic) bond motifs is 1. The van der Waals surface area contributed by atoms with E-state index in [0.29, 0.717) is 29.9 Å². The zero-order valence-electron chi connectivity index (χ0n) is 17.1. The van der Waals surface area contributed by atoms with E-state index in [1.54, 1.807) is 32.0 Å². The standard InChI is InChI=1S/C20H25N3O5S2/c1-4-29(25,26)23-10-9-16-5-6-19(12-17(16)13-23)22-30(27,28)20-8-7-18(11-14(20)2)21-15(3)24/h5-8,11-12,22H,4,9-10,13H2,1-3H3,(H,21,24). The number of nitrogens with zero attached hydrogens (tertiary/aromatic N) is 1. The minimum absolute atomic E-state index is 0.0302. The van der Waals surface area contributed by atoms with E-state index in [2.05, 4.69) is 10.0 Å². The molecule has 30 heavy (non-hydrogen) atoms. The number of carbonyl (C=O) groups excluding carboxylic acids is 1. The van der Waals surface area contributed by atoms with Gasteiger partial charge in [0.15, 0.2) is 0 Å². The van der Waals surface area contributed by atoms with Crippen molar-refractivity contribution in [2.75, 3.05) is 22.3 Å². The summed E-state index contributed by atoms with van der Waals surface area (Å²) in [5, 5.41) is 2.62. The molecule has 8 nitrogen and oxygen atoms in total. The number of hydrogen-bond donors (Lipinski definition) is 2. The molecule has 2 aromatic carbocycles. The molecule has 2 aromatic rings. The first-order chi connectivity index (χ1) is 14.0. The fourth-order valence-electron chi connectivity index (χ4n) is 3.46. The molecule has 0 aliphatic carbocycles. The molecule has 0 fully saturated rings. The van der Waals surface area contributed by atoms with E-state index >= 15 is 0 Å². The van der Waals surface area contributed by atoms with Crippen molar-refractivity contribution in [3.8, 4) is 0 Å². The number of nitrogens with one attached hydrogen (secondary N) is 2. The van der Waals surface area contributed by atoms with Gasteiger partial charge in [0.1, 0.15) is 0 Å². The van der Waals surface area contributed by atoms with Crippen molar-refractivity contribution in [2.24, 2.45) is 0 Å². The minimum Gasteiger partial charge on any atom is -0.326 e. The topological polar surface area (TPSA) is 113 Å². The van der Waals surface area contributed by atoms with E-state index < -0.39 is 20.0 Å². The Morgan fingerprint density at radius 1 is 1.03 bits per heavy atom. The zero-order chi connectivity index (χ0) is 22.1. The van der Waals surface area contributed by atoms with Gasteiger partial charge in [-0.15, -0.1) is 0 Å². The van der Waals surface area contributed by atoms with Crippen LogP contribution in [-0.4, -0.2) is 39.3 Å². The molecule has 10 heteroatoms. The normalized spacial score (nSPS) is 14.8. The number of anilines is 2. The second-order valence-corrected chi connectivity index (χ2v) is 11.1. The smallest absolute Gasteiger partial charge is 0.262 e. The van der Waals surface area contributed by atoms with Gasteiger partial charge in [0, 0.05) is 31.4 Å². The van der Waals surface area contributed by atoms with Crippen LogP contribution in [0.15, 0.2) is 41.3 Å². The van der Waals surface area contributed by atoms with Gasteiger partial charge >= 0.3 is 0 Å². The molecule has 0 unspecified atom stereocenters. The zero-order valence-corrected chi connectivity index (χ0v) is 18.7. The van der Waals surface area contributed by atoms with Gasteiger partial charge in [-0.25, -0.2) is 16.8 Å². The Hall–Kier alpha value is -2.43. The van der Waals surface area contributed by atoms with E-state index in [1.165, 1.54) is 23.4 Å². The van der Waals surface area contributed by atoms with E-state index in [4.69, 9.17) is 0 Å². The average molecular weight is 452 g/mol. The van der Waals surface area contributed by atoms with Crippen LogP contribution in [0.3, 0.4) is 0 Å². The number of hydrogen-bond acceptors (Lipinski definition) is 5. The maximum atomic E-state index is 12.9. The molecule has 0 saturated carbocycles. The summed E-state index contributed by atoms with van der Waals surface area (Å²) in [5.74, 6) is -0.209. The number of sulfonamides is 2. The Bertz CT molecular complexity index is 1190. The summed E-state index contributed by atoms with van der Waals surface area (Å²) in [5.41, 5.74) is 3.18. The van der Waals surface area contributed by atoms with Crippen molar-refractivity contribution in [1.29, 1.82) is 0 Å². The fourth-order valence-corrected chi connectivity index (χ4v) is 5.80. The molecule has 162 valence electrons. The fraction of sp³-hybridized carbons (Fsp3) is 0.350. The van der Waals surface area contributed by atoms with Crippen molar-refractivity contribution in [1.82, 2.24) is 4.31 Å². The lowest BCUT2D eigenvalue weighted by atomic mass is 10.0. The van der Waals surface area contributed by atoms with Gasteiger partial charge in [0.25, 0.3) is 10.0 Å². The SMILES string of the molecule is CCS(=O)(=O)N1CCc2ccc(NS(=O)(=O)c3ccc(NC(C)=O)cc3C)cc2C1. The van der Waals surface area contributed by atoms with Crippen LogP contribution in [0.4, 0.5) is 11.4 Å². The molecule has 0 aromatic heterocycles. The average Bonchev–Trinajstić information content (AvgIpc) is 2.66. The number of aryl methyl sites for hydroxylation is 1. The maximum Gasteiger partial charge on any atom is 0.262 e. The number of carbonyl (C=O) groups is 1. The van der Waals surface area contributed by atoms with E-state index in [9.17, 15) is 21.6 Å². The third-order valence-corrected chi connectivity index (χ3v) is 8.35. The Labute approximate surface area is 177 Å². The lowest BCUT2D eigenvalue weighted by molar-refractivity contribution is -0.114. The van der Waals surface area contributed by atoms with Crippen LogP contribution in [0.2, 0.25) is 0 Å². The summed E-state index contributed by atoms with van der Waals surface area (Å²) in [6.07, 6.45) is 0.589. The van der Waals surface area contributed by atoms with Crippen LogP contribution < -0.4 is 10.0 Å². The minimum atomic E-state index is -3.86. The van der Waals surface area contributed by atoms with Crippen LogP contribution in [0.25, 0.3) is 0 Å². The highest BCUT2D eigenvalue weighted by Gasteiger charge is 2.26. The Balaban J connectivity index is 1.85. The molecule has 0 atom stereocenters. The molecule has 0 saturated heterocycles. The third kappa shape index (κ3) is 4.82. The number of rotatable bonds is 6. The van der Waals surface area contributed by atoms with Gasteiger partial charge in [-0.3, -0.25) is 9.52 Å². The highest BCUT2D eigenvalue weighted by molar-refractivity contribution is 7.92. The van der Waals surface area contributed by atoms with Crippen LogP contribution in [-0.2, 0) is 37.8 Å². The summed E-state index contributed by atoms with van der Waals surface area (Å²) in [6, 6.07) is 9.76. The number of benzene rings is 2. The van der Waals surface area contributed by atoms with Crippen molar-refractivity contribution < 1.29 is 21.6 Å². The predicted molar refractivity (Wildman–Crippen MR) is 116 cm³/mol. The molecule has 1 aliphatic rings. The van der Waals surface area contributed by atoms with Crippen molar-refractivity contribution in [2.45, 2.75) is 38.6 Å². The van der Waals surface area contributed by atoms with Gasteiger partial charge < -0.3 is 5.32 Å². The summed E-state index contributed by atoms with van der Waals surface area (Å²) < 4.78 is 54.1. The van der Waals surface area contributed by atoms with Gasteiger partial charge in [0.05, 0.1) is 10.6 Å². The summed E-state index contributed by atoms with van der Waals surface area (Å²) in [4.78, 5) is 11.3. The Morgan fingerprint density at radius 3 is 2.37 bits per heavy atom. The molecule has 1 heterocycles. The Kier molecular flexibility index (Phi) is 6.21. The van der Waals surface area contributed by atoms with Crippen LogP contribution >= 0.6 is 0 Å². The van der Waals surface area contributed by atoms with Gasteiger partial charge in [-0.05, 0) is 67.3 Å². The van der Waals surface area contributed by atoms with Crippen molar-refractivity contribution >= 4 is 37.3 Å². The lowest BCUT2D eigenvalue weighted by Crippen LogP contribution is -2.36. The molecule has 2 N–H and O–H groups in total. The molecule has 3 rings (SSSR count). The van der Waals surface area contributed by atoms with Crippen molar-refractivity contribution in [3.05, 3.63) is 53.1 Å². The van der Waals surface area contributed by atoms with Crippen LogP contribution in [0, 0.1) is 6.92 Å². The third-order valence-electron chi connectivity index (χ3n) is 4.98. The molecule has 1 aliphatic heterocycles. The first kappa shape index (κ1) is 22.3. The van der Waals surface area contributed by atoms with Gasteiger partial charge in [-0.1, -0.05) is 6.07 Å². The highest BCUT2D eigenvalue weighted by Crippen LogP contribution is 2.27. The van der Waals surface area contributed by atoms with Gasteiger partial charge in [-0.2, -0.15) is 4.31 Å². The molecular formula is C20H25N3O5S2.